The molecular weight excluding hydrogens is 276 g/mol. The first kappa shape index (κ1) is 14.2. The number of imidazole rings is 1. The minimum Gasteiger partial charge on any atom is -0.409 e. The van der Waals surface area contributed by atoms with E-state index < -0.39 is 12.0 Å². The van der Waals surface area contributed by atoms with Crippen LogP contribution in [0.1, 0.15) is 10.5 Å². The highest BCUT2D eigenvalue weighted by molar-refractivity contribution is 5.94. The van der Waals surface area contributed by atoms with E-state index in [4.69, 9.17) is 10.5 Å². The second kappa shape index (κ2) is 6.28. The van der Waals surface area contributed by atoms with Gasteiger partial charge >= 0.3 is 6.09 Å². The molecular formula is C12H12N6O3. The lowest BCUT2D eigenvalue weighted by atomic mass is 10.3. The van der Waals surface area contributed by atoms with E-state index in [1.54, 1.807) is 30.3 Å². The lowest BCUT2D eigenvalue weighted by Gasteiger charge is -2.09. The molecule has 3 N–H and O–H groups in total. The van der Waals surface area contributed by atoms with Crippen molar-refractivity contribution in [3.8, 4) is 5.75 Å². The molecule has 2 rings (SSSR count). The van der Waals surface area contributed by atoms with Crippen LogP contribution in [0.2, 0.25) is 0 Å². The molecule has 1 heterocycles. The molecule has 0 aliphatic carbocycles. The van der Waals surface area contributed by atoms with Gasteiger partial charge in [0.05, 0.1) is 6.33 Å². The van der Waals surface area contributed by atoms with E-state index in [9.17, 15) is 9.59 Å². The minimum atomic E-state index is -0.735. The highest BCUT2D eigenvalue weighted by atomic mass is 16.6. The molecule has 0 atom stereocenters. The molecule has 0 radical (unpaired) electrons. The molecule has 9 heteroatoms. The van der Waals surface area contributed by atoms with Crippen molar-refractivity contribution in [1.29, 1.82) is 0 Å². The fourth-order valence-corrected chi connectivity index (χ4v) is 1.35. The van der Waals surface area contributed by atoms with E-state index in [1.807, 2.05) is 0 Å². The predicted molar refractivity (Wildman–Crippen MR) is 71.9 cm³/mol. The Morgan fingerprint density at radius 2 is 2.05 bits per heavy atom. The maximum atomic E-state index is 11.7. The van der Waals surface area contributed by atoms with Gasteiger partial charge < -0.3 is 15.5 Å². The molecule has 2 amide bonds. The molecule has 0 aliphatic rings. The number of hydrogen-bond donors (Lipinski definition) is 2. The van der Waals surface area contributed by atoms with Gasteiger partial charge in [0.2, 0.25) is 5.82 Å². The maximum absolute atomic E-state index is 11.7. The quantitative estimate of drug-likeness (QED) is 0.654. The normalized spacial score (nSPS) is 10.5. The number of aromatic nitrogens is 2. The molecule has 0 spiro atoms. The van der Waals surface area contributed by atoms with Crippen molar-refractivity contribution in [3.05, 3.63) is 42.4 Å². The number of nitrogens with zero attached hydrogens (tertiary/aromatic N) is 4. The summed E-state index contributed by atoms with van der Waals surface area (Å²) in [6.45, 7) is 0. The maximum Gasteiger partial charge on any atom is 0.436 e. The second-order valence-corrected chi connectivity index (χ2v) is 3.86. The zero-order chi connectivity index (χ0) is 15.2. The molecule has 21 heavy (non-hydrogen) atoms. The molecule has 0 saturated carbocycles. The molecule has 2 aromatic rings. The van der Waals surface area contributed by atoms with Crippen LogP contribution < -0.4 is 10.5 Å². The van der Waals surface area contributed by atoms with Crippen molar-refractivity contribution in [1.82, 2.24) is 15.0 Å². The number of hydrogen-bond acceptors (Lipinski definition) is 6. The number of aromatic amines is 1. The van der Waals surface area contributed by atoms with Crippen molar-refractivity contribution < 1.29 is 14.3 Å². The number of primary amides is 1. The van der Waals surface area contributed by atoms with Crippen LogP contribution in [0, 0.1) is 0 Å². The summed E-state index contributed by atoms with van der Waals surface area (Å²) >= 11 is 0. The Morgan fingerprint density at radius 3 is 2.71 bits per heavy atom. The Kier molecular flexibility index (Phi) is 4.24. The van der Waals surface area contributed by atoms with Crippen LogP contribution in [0.4, 0.5) is 10.6 Å². The lowest BCUT2D eigenvalue weighted by molar-refractivity contribution is 0.0996. The number of H-pyrrole nitrogens is 1. The number of nitrogens with one attached hydrogen (secondary N) is 1. The summed E-state index contributed by atoms with van der Waals surface area (Å²) in [5.41, 5.74) is 5.11. The third-order valence-electron chi connectivity index (χ3n) is 2.35. The summed E-state index contributed by atoms with van der Waals surface area (Å²) in [5.74, 6) is -0.361. The first-order chi connectivity index (χ1) is 10.1. The second-order valence-electron chi connectivity index (χ2n) is 3.86. The minimum absolute atomic E-state index is 0.00331. The summed E-state index contributed by atoms with van der Waals surface area (Å²) in [6, 6.07) is 8.51. The molecule has 9 nitrogen and oxygen atoms in total. The predicted octanol–water partition coefficient (Wildman–Crippen LogP) is 1.64. The summed E-state index contributed by atoms with van der Waals surface area (Å²) in [6.07, 6.45) is 0.512. The van der Waals surface area contributed by atoms with Crippen molar-refractivity contribution >= 4 is 17.8 Å². The van der Waals surface area contributed by atoms with Gasteiger partial charge in [-0.3, -0.25) is 4.79 Å². The summed E-state index contributed by atoms with van der Waals surface area (Å²) in [5, 5.41) is 8.12. The van der Waals surface area contributed by atoms with Crippen LogP contribution in [0.25, 0.3) is 0 Å². The lowest BCUT2D eigenvalue weighted by Crippen LogP contribution is -2.24. The standard InChI is InChI=1S/C12H12N6O3/c1-18(12(20)21-8-5-3-2-4-6-8)17-16-11-9(10(13)19)14-7-15-11/h2-7H,1H3,(H2,13,19)(H,14,15)/b17-16+. The molecule has 0 unspecified atom stereocenters. The zero-order valence-electron chi connectivity index (χ0n) is 11.1. The highest BCUT2D eigenvalue weighted by Gasteiger charge is 2.13. The van der Waals surface area contributed by atoms with E-state index in [0.717, 1.165) is 5.01 Å². The van der Waals surface area contributed by atoms with E-state index in [0.29, 0.717) is 5.75 Å². The molecule has 0 aliphatic heterocycles. The van der Waals surface area contributed by atoms with Gasteiger partial charge in [-0.05, 0) is 12.1 Å². The fraction of sp³-hybridized carbons (Fsp3) is 0.0833. The van der Waals surface area contributed by atoms with E-state index in [2.05, 4.69) is 20.3 Å². The number of carbonyl (C=O) groups is 2. The Morgan fingerprint density at radius 1 is 1.33 bits per heavy atom. The van der Waals surface area contributed by atoms with Crippen molar-refractivity contribution in [2.24, 2.45) is 16.1 Å². The van der Waals surface area contributed by atoms with Gasteiger partial charge in [-0.2, -0.15) is 5.01 Å². The topological polar surface area (TPSA) is 126 Å². The van der Waals surface area contributed by atoms with Crippen molar-refractivity contribution in [3.63, 3.8) is 0 Å². The van der Waals surface area contributed by atoms with Gasteiger partial charge in [0.25, 0.3) is 5.91 Å². The zero-order valence-corrected chi connectivity index (χ0v) is 11.1. The summed E-state index contributed by atoms with van der Waals surface area (Å²) < 4.78 is 5.04. The summed E-state index contributed by atoms with van der Waals surface area (Å²) in [7, 11) is 1.35. The molecule has 0 saturated heterocycles. The van der Waals surface area contributed by atoms with Crippen molar-refractivity contribution in [2.75, 3.05) is 7.05 Å². The Hall–Kier alpha value is -3.23. The Balaban J connectivity index is 2.02. The first-order valence-electron chi connectivity index (χ1n) is 5.83. The molecule has 108 valence electrons. The smallest absolute Gasteiger partial charge is 0.409 e. The average molecular weight is 288 g/mol. The third kappa shape index (κ3) is 3.62. The van der Waals surface area contributed by atoms with Gasteiger partial charge in [0.1, 0.15) is 5.75 Å². The fourth-order valence-electron chi connectivity index (χ4n) is 1.35. The van der Waals surface area contributed by atoms with Gasteiger partial charge in [-0.1, -0.05) is 23.4 Å². The monoisotopic (exact) mass is 288 g/mol. The SMILES string of the molecule is CN(/N=N/c1nc[nH]c1C(N)=O)C(=O)Oc1ccccc1. The largest absolute Gasteiger partial charge is 0.436 e. The Bertz CT molecular complexity index is 667. The van der Waals surface area contributed by atoms with E-state index >= 15 is 0 Å². The van der Waals surface area contributed by atoms with Gasteiger partial charge in [0.15, 0.2) is 5.69 Å². The van der Waals surface area contributed by atoms with E-state index in [1.165, 1.54) is 13.4 Å². The van der Waals surface area contributed by atoms with Gasteiger partial charge in [0, 0.05) is 7.05 Å². The Labute approximate surface area is 119 Å². The van der Waals surface area contributed by atoms with Crippen LogP contribution in [-0.4, -0.2) is 34.0 Å². The third-order valence-corrected chi connectivity index (χ3v) is 2.35. The number of carbonyl (C=O) groups excluding carboxylic acids is 2. The van der Waals surface area contributed by atoms with Crippen LogP contribution in [0.5, 0.6) is 5.75 Å². The van der Waals surface area contributed by atoms with Crippen LogP contribution in [0.15, 0.2) is 47.0 Å². The number of ether oxygens (including phenoxy) is 1. The molecule has 1 aromatic heterocycles. The molecule has 0 bridgehead atoms. The van der Waals surface area contributed by atoms with E-state index in [-0.39, 0.29) is 11.5 Å². The summed E-state index contributed by atoms with van der Waals surface area (Å²) in [4.78, 5) is 29.0. The van der Waals surface area contributed by atoms with Gasteiger partial charge in [-0.15, -0.1) is 5.11 Å². The first-order valence-corrected chi connectivity index (χ1v) is 5.83. The number of amides is 2. The highest BCUT2D eigenvalue weighted by Crippen LogP contribution is 2.14. The van der Waals surface area contributed by atoms with Gasteiger partial charge in [-0.25, -0.2) is 9.78 Å². The van der Waals surface area contributed by atoms with Crippen LogP contribution in [0.3, 0.4) is 0 Å². The number of para-hydroxylation sites is 1. The number of nitrogens with two attached hydrogens (primary N) is 1. The van der Waals surface area contributed by atoms with Crippen LogP contribution >= 0.6 is 0 Å². The average Bonchev–Trinajstić information content (AvgIpc) is 2.94. The molecule has 0 fully saturated rings. The van der Waals surface area contributed by atoms with Crippen molar-refractivity contribution in [2.45, 2.75) is 0 Å². The number of benzene rings is 1. The molecule has 1 aromatic carbocycles. The van der Waals surface area contributed by atoms with Crippen LogP contribution in [-0.2, 0) is 0 Å². The number of rotatable bonds is 4.